The second-order valence-electron chi connectivity index (χ2n) is 6.26. The Labute approximate surface area is 130 Å². The minimum atomic E-state index is -0.476. The standard InChI is InChI=1S/C17H22N2O3/c1-17(2,3)22-16(21)18-9-5-4-6-12-7-8-14-13(10-12)11-15(20)19-14/h4,6-8,10H,5,9,11H2,1-3H3,(H,18,21)(H,19,20). The Bertz CT molecular complexity index is 600. The lowest BCUT2D eigenvalue weighted by atomic mass is 10.1. The monoisotopic (exact) mass is 302 g/mol. The molecule has 1 aromatic carbocycles. The van der Waals surface area contributed by atoms with Crippen molar-refractivity contribution >= 4 is 23.8 Å². The molecule has 0 saturated heterocycles. The van der Waals surface area contributed by atoms with Gasteiger partial charge in [-0.05, 0) is 50.5 Å². The summed E-state index contributed by atoms with van der Waals surface area (Å²) in [6, 6.07) is 5.88. The summed E-state index contributed by atoms with van der Waals surface area (Å²) in [6.07, 6.45) is 4.73. The third-order valence-electron chi connectivity index (χ3n) is 3.04. The maximum absolute atomic E-state index is 11.5. The van der Waals surface area contributed by atoms with E-state index >= 15 is 0 Å². The first-order valence-corrected chi connectivity index (χ1v) is 7.40. The Hall–Kier alpha value is -2.30. The summed E-state index contributed by atoms with van der Waals surface area (Å²) >= 11 is 0. The number of carbonyl (C=O) groups excluding carboxylic acids is 2. The number of carbonyl (C=O) groups is 2. The molecule has 1 aliphatic rings. The first-order chi connectivity index (χ1) is 10.3. The number of benzene rings is 1. The van der Waals surface area contributed by atoms with E-state index in [4.69, 9.17) is 4.74 Å². The number of fused-ring (bicyclic) bond motifs is 1. The van der Waals surface area contributed by atoms with Gasteiger partial charge in [-0.1, -0.05) is 18.2 Å². The molecule has 5 nitrogen and oxygen atoms in total. The van der Waals surface area contributed by atoms with Crippen LogP contribution in [0, 0.1) is 0 Å². The highest BCUT2D eigenvalue weighted by Crippen LogP contribution is 2.24. The molecule has 0 radical (unpaired) electrons. The minimum absolute atomic E-state index is 0.0395. The van der Waals surface area contributed by atoms with Crippen molar-refractivity contribution in [2.24, 2.45) is 0 Å². The number of hydrogen-bond acceptors (Lipinski definition) is 3. The SMILES string of the molecule is CC(C)(C)OC(=O)NCCC=Cc1ccc2c(c1)CC(=O)N2. The third kappa shape index (κ3) is 4.91. The lowest BCUT2D eigenvalue weighted by Gasteiger charge is -2.19. The maximum Gasteiger partial charge on any atom is 0.407 e. The van der Waals surface area contributed by atoms with Crippen molar-refractivity contribution in [2.75, 3.05) is 11.9 Å². The van der Waals surface area contributed by atoms with Gasteiger partial charge >= 0.3 is 6.09 Å². The largest absolute Gasteiger partial charge is 0.444 e. The predicted octanol–water partition coefficient (Wildman–Crippen LogP) is 3.11. The van der Waals surface area contributed by atoms with Crippen LogP contribution in [0.4, 0.5) is 10.5 Å². The topological polar surface area (TPSA) is 67.4 Å². The molecule has 0 unspecified atom stereocenters. The van der Waals surface area contributed by atoms with Crippen molar-refractivity contribution in [1.29, 1.82) is 0 Å². The Kier molecular flexibility index (Phi) is 4.85. The molecule has 0 atom stereocenters. The maximum atomic E-state index is 11.5. The summed E-state index contributed by atoms with van der Waals surface area (Å²) in [5, 5.41) is 5.51. The fraction of sp³-hybridized carbons (Fsp3) is 0.412. The van der Waals surface area contributed by atoms with Crippen LogP contribution in [0.2, 0.25) is 0 Å². The molecule has 2 rings (SSSR count). The summed E-state index contributed by atoms with van der Waals surface area (Å²) in [7, 11) is 0. The van der Waals surface area contributed by atoms with E-state index in [1.54, 1.807) is 0 Å². The highest BCUT2D eigenvalue weighted by Gasteiger charge is 2.17. The van der Waals surface area contributed by atoms with E-state index in [0.29, 0.717) is 19.4 Å². The Morgan fingerprint density at radius 2 is 2.18 bits per heavy atom. The average molecular weight is 302 g/mol. The smallest absolute Gasteiger partial charge is 0.407 e. The molecule has 2 amide bonds. The average Bonchev–Trinajstić information content (AvgIpc) is 2.75. The molecule has 0 spiro atoms. The third-order valence-corrected chi connectivity index (χ3v) is 3.04. The van der Waals surface area contributed by atoms with Crippen LogP contribution >= 0.6 is 0 Å². The molecule has 118 valence electrons. The van der Waals surface area contributed by atoms with E-state index in [0.717, 1.165) is 16.8 Å². The second-order valence-corrected chi connectivity index (χ2v) is 6.26. The molecule has 0 saturated carbocycles. The second kappa shape index (κ2) is 6.64. The van der Waals surface area contributed by atoms with Gasteiger partial charge in [-0.25, -0.2) is 4.79 Å². The Morgan fingerprint density at radius 3 is 2.91 bits per heavy atom. The quantitative estimate of drug-likeness (QED) is 0.840. The molecule has 1 heterocycles. The van der Waals surface area contributed by atoms with Gasteiger partial charge in [-0.2, -0.15) is 0 Å². The first-order valence-electron chi connectivity index (χ1n) is 7.40. The van der Waals surface area contributed by atoms with Crippen molar-refractivity contribution in [3.05, 3.63) is 35.4 Å². The van der Waals surface area contributed by atoms with Crippen LogP contribution in [0.15, 0.2) is 24.3 Å². The molecule has 1 aromatic rings. The van der Waals surface area contributed by atoms with Gasteiger partial charge in [0.1, 0.15) is 5.60 Å². The molecular weight excluding hydrogens is 280 g/mol. The fourth-order valence-corrected chi connectivity index (χ4v) is 2.14. The molecule has 0 fully saturated rings. The van der Waals surface area contributed by atoms with Gasteiger partial charge in [-0.3, -0.25) is 4.79 Å². The van der Waals surface area contributed by atoms with Gasteiger partial charge in [-0.15, -0.1) is 0 Å². The summed E-state index contributed by atoms with van der Waals surface area (Å²) in [5.41, 5.74) is 2.50. The summed E-state index contributed by atoms with van der Waals surface area (Å²) in [6.45, 7) is 6.02. The Balaban J connectivity index is 1.76. The van der Waals surface area contributed by atoms with Crippen LogP contribution in [-0.4, -0.2) is 24.1 Å². The van der Waals surface area contributed by atoms with Crippen LogP contribution in [0.5, 0.6) is 0 Å². The van der Waals surface area contributed by atoms with E-state index < -0.39 is 11.7 Å². The number of ether oxygens (including phenoxy) is 1. The molecule has 0 bridgehead atoms. The molecule has 0 aromatic heterocycles. The lowest BCUT2D eigenvalue weighted by molar-refractivity contribution is -0.115. The summed E-state index contributed by atoms with van der Waals surface area (Å²) in [4.78, 5) is 22.7. The van der Waals surface area contributed by atoms with E-state index in [1.165, 1.54) is 0 Å². The number of hydrogen-bond donors (Lipinski definition) is 2. The van der Waals surface area contributed by atoms with Gasteiger partial charge in [0.25, 0.3) is 0 Å². The van der Waals surface area contributed by atoms with Crippen LogP contribution in [0.25, 0.3) is 6.08 Å². The van der Waals surface area contributed by atoms with E-state index in [1.807, 2.05) is 51.1 Å². The first kappa shape index (κ1) is 16.1. The number of anilines is 1. The Morgan fingerprint density at radius 1 is 1.41 bits per heavy atom. The van der Waals surface area contributed by atoms with E-state index in [9.17, 15) is 9.59 Å². The highest BCUT2D eigenvalue weighted by molar-refractivity contribution is 5.99. The molecule has 22 heavy (non-hydrogen) atoms. The van der Waals surface area contributed by atoms with Crippen LogP contribution in [-0.2, 0) is 16.0 Å². The van der Waals surface area contributed by atoms with Crippen molar-refractivity contribution < 1.29 is 14.3 Å². The summed E-state index contributed by atoms with van der Waals surface area (Å²) < 4.78 is 5.15. The summed E-state index contributed by atoms with van der Waals surface area (Å²) in [5.74, 6) is 0.0395. The molecule has 1 aliphatic heterocycles. The van der Waals surface area contributed by atoms with E-state index in [-0.39, 0.29) is 5.91 Å². The molecule has 2 N–H and O–H groups in total. The van der Waals surface area contributed by atoms with Crippen molar-refractivity contribution in [3.63, 3.8) is 0 Å². The van der Waals surface area contributed by atoms with Crippen LogP contribution in [0.1, 0.15) is 38.3 Å². The zero-order chi connectivity index (χ0) is 16.2. The zero-order valence-electron chi connectivity index (χ0n) is 13.2. The molecule has 0 aliphatic carbocycles. The number of nitrogens with one attached hydrogen (secondary N) is 2. The van der Waals surface area contributed by atoms with Crippen molar-refractivity contribution in [2.45, 2.75) is 39.2 Å². The minimum Gasteiger partial charge on any atom is -0.444 e. The molecular formula is C17H22N2O3. The van der Waals surface area contributed by atoms with Gasteiger partial charge in [0.05, 0.1) is 6.42 Å². The van der Waals surface area contributed by atoms with Gasteiger partial charge in [0.2, 0.25) is 5.91 Å². The van der Waals surface area contributed by atoms with Crippen molar-refractivity contribution in [3.8, 4) is 0 Å². The van der Waals surface area contributed by atoms with E-state index in [2.05, 4.69) is 10.6 Å². The predicted molar refractivity (Wildman–Crippen MR) is 86.7 cm³/mol. The van der Waals surface area contributed by atoms with Gasteiger partial charge < -0.3 is 15.4 Å². The lowest BCUT2D eigenvalue weighted by Crippen LogP contribution is -2.32. The number of amides is 2. The molecule has 5 heteroatoms. The highest BCUT2D eigenvalue weighted by atomic mass is 16.6. The van der Waals surface area contributed by atoms with Crippen LogP contribution in [0.3, 0.4) is 0 Å². The number of rotatable bonds is 4. The van der Waals surface area contributed by atoms with Gasteiger partial charge in [0, 0.05) is 12.2 Å². The van der Waals surface area contributed by atoms with Crippen molar-refractivity contribution in [1.82, 2.24) is 5.32 Å². The zero-order valence-corrected chi connectivity index (χ0v) is 13.2. The normalized spacial score (nSPS) is 13.9. The fourth-order valence-electron chi connectivity index (χ4n) is 2.14. The van der Waals surface area contributed by atoms with Crippen LogP contribution < -0.4 is 10.6 Å². The number of alkyl carbamates (subject to hydrolysis) is 1. The van der Waals surface area contributed by atoms with Gasteiger partial charge in [0.15, 0.2) is 0 Å².